The van der Waals surface area contributed by atoms with Crippen LogP contribution in [0.4, 0.5) is 0 Å². The second-order valence-corrected chi connectivity index (χ2v) is 8.13. The molecule has 4 atom stereocenters. The molecule has 14 N–H and O–H groups in total. The largest absolute Gasteiger partial charge is 0.481 e. The highest BCUT2D eigenvalue weighted by atomic mass is 16.4. The molecule has 18 heteroatoms. The predicted octanol–water partition coefficient (Wildman–Crippen LogP) is -4.78. The van der Waals surface area contributed by atoms with E-state index in [1.54, 1.807) is 0 Å². The van der Waals surface area contributed by atoms with E-state index in [-0.39, 0.29) is 31.8 Å². The zero-order valence-corrected chi connectivity index (χ0v) is 20.3. The normalized spacial score (nSPS) is 13.7. The first kappa shape index (κ1) is 31.3. The van der Waals surface area contributed by atoms with E-state index in [1.165, 1.54) is 12.5 Å². The number of hydrogen-bond acceptors (Lipinski definition) is 9. The van der Waals surface area contributed by atoms with E-state index in [0.717, 1.165) is 0 Å². The Balaban J connectivity index is 3.03. The van der Waals surface area contributed by atoms with Crippen molar-refractivity contribution in [3.63, 3.8) is 0 Å². The lowest BCUT2D eigenvalue weighted by atomic mass is 10.1. The highest BCUT2D eigenvalue weighted by molar-refractivity contribution is 5.96. The van der Waals surface area contributed by atoms with Crippen LogP contribution in [0.1, 0.15) is 31.4 Å². The van der Waals surface area contributed by atoms with Crippen LogP contribution in [0, 0.1) is 0 Å². The Morgan fingerprint density at radius 2 is 1.53 bits per heavy atom. The molecule has 1 aromatic heterocycles. The van der Waals surface area contributed by atoms with Gasteiger partial charge in [0.25, 0.3) is 0 Å². The van der Waals surface area contributed by atoms with Crippen molar-refractivity contribution in [2.24, 2.45) is 27.9 Å². The van der Waals surface area contributed by atoms with Crippen LogP contribution in [0.3, 0.4) is 0 Å². The van der Waals surface area contributed by atoms with Gasteiger partial charge in [-0.2, -0.15) is 0 Å². The molecule has 1 heterocycles. The number of nitrogens with one attached hydrogen (secondary N) is 4. The summed E-state index contributed by atoms with van der Waals surface area (Å²) in [4.78, 5) is 82.4. The third-order valence-electron chi connectivity index (χ3n) is 4.94. The molecule has 0 radical (unpaired) electrons. The SMILES string of the molecule is NC(=O)CC(N)C(=O)NC(CCCN=C(N)N)C(=O)NC(CC(=O)O)C(=O)NC(Cc1cnc[nH]1)C(=O)O. The number of nitrogens with two attached hydrogens (primary N) is 4. The van der Waals surface area contributed by atoms with Crippen LogP contribution in [0.15, 0.2) is 17.5 Å². The minimum Gasteiger partial charge on any atom is -0.481 e. The average Bonchev–Trinajstić information content (AvgIpc) is 3.32. The molecule has 1 rings (SSSR count). The van der Waals surface area contributed by atoms with Gasteiger partial charge in [0.05, 0.1) is 25.2 Å². The van der Waals surface area contributed by atoms with Gasteiger partial charge < -0.3 is 54.1 Å². The molecule has 18 nitrogen and oxygen atoms in total. The predicted molar refractivity (Wildman–Crippen MR) is 130 cm³/mol. The number of aliphatic carboxylic acids is 2. The number of carbonyl (C=O) groups is 6. The molecule has 4 amide bonds. The topological polar surface area (TPSA) is 324 Å². The van der Waals surface area contributed by atoms with Crippen LogP contribution < -0.4 is 38.9 Å². The number of rotatable bonds is 17. The Kier molecular flexibility index (Phi) is 12.7. The molecule has 0 aliphatic heterocycles. The Labute approximate surface area is 216 Å². The fourth-order valence-electron chi connectivity index (χ4n) is 3.11. The maximum Gasteiger partial charge on any atom is 0.326 e. The third kappa shape index (κ3) is 11.8. The number of aliphatic imine (C=N–C) groups is 1. The summed E-state index contributed by atoms with van der Waals surface area (Å²) in [6.45, 7) is 0.0717. The summed E-state index contributed by atoms with van der Waals surface area (Å²) in [5.74, 6) is -6.93. The Morgan fingerprint density at radius 3 is 2.05 bits per heavy atom. The van der Waals surface area contributed by atoms with Gasteiger partial charge in [0.2, 0.25) is 23.6 Å². The lowest BCUT2D eigenvalue weighted by molar-refractivity contribution is -0.143. The van der Waals surface area contributed by atoms with E-state index in [4.69, 9.17) is 22.9 Å². The highest BCUT2D eigenvalue weighted by Crippen LogP contribution is 2.05. The summed E-state index contributed by atoms with van der Waals surface area (Å²) in [5.41, 5.74) is 21.5. The van der Waals surface area contributed by atoms with Crippen molar-refractivity contribution in [2.45, 2.75) is 56.3 Å². The molecule has 0 aliphatic carbocycles. The zero-order valence-electron chi connectivity index (χ0n) is 20.3. The summed E-state index contributed by atoms with van der Waals surface area (Å²) in [5, 5.41) is 25.4. The van der Waals surface area contributed by atoms with Gasteiger partial charge in [-0.1, -0.05) is 0 Å². The standard InChI is InChI=1S/C20H32N10O8/c21-10(5-14(22)31)16(34)28-11(2-1-3-26-20(23)24)17(35)29-12(6-15(32)33)18(36)30-13(19(37)38)4-9-7-25-8-27-9/h7-8,10-13H,1-6,21H2,(H2,22,31)(H,25,27)(H,28,34)(H,29,35)(H,30,36)(H,32,33)(H,37,38)(H4,23,24,26). The van der Waals surface area contributed by atoms with Gasteiger partial charge in [-0.25, -0.2) is 9.78 Å². The minimum atomic E-state index is -1.71. The maximum absolute atomic E-state index is 13.0. The first-order chi connectivity index (χ1) is 17.8. The van der Waals surface area contributed by atoms with Crippen molar-refractivity contribution >= 4 is 41.5 Å². The number of hydrogen-bond donors (Lipinski definition) is 10. The lowest BCUT2D eigenvalue weighted by Gasteiger charge is -2.24. The summed E-state index contributed by atoms with van der Waals surface area (Å²) in [7, 11) is 0. The number of primary amides is 1. The fraction of sp³-hybridized carbons (Fsp3) is 0.500. The smallest absolute Gasteiger partial charge is 0.326 e. The van der Waals surface area contributed by atoms with Gasteiger partial charge in [-0.15, -0.1) is 0 Å². The van der Waals surface area contributed by atoms with Crippen molar-refractivity contribution in [3.05, 3.63) is 18.2 Å². The Bertz CT molecular complexity index is 1030. The summed E-state index contributed by atoms with van der Waals surface area (Å²) >= 11 is 0. The van der Waals surface area contributed by atoms with Crippen LogP contribution in [0.5, 0.6) is 0 Å². The third-order valence-corrected chi connectivity index (χ3v) is 4.94. The van der Waals surface area contributed by atoms with Crippen LogP contribution in [0.25, 0.3) is 0 Å². The molecule has 0 spiro atoms. The summed E-state index contributed by atoms with van der Waals surface area (Å²) in [6.07, 6.45) is 1.14. The van der Waals surface area contributed by atoms with Crippen molar-refractivity contribution < 1.29 is 39.0 Å². The quantitative estimate of drug-likeness (QED) is 0.0505. The number of guanidine groups is 1. The van der Waals surface area contributed by atoms with Gasteiger partial charge in [0, 0.05) is 24.9 Å². The average molecular weight is 541 g/mol. The number of H-pyrrole nitrogens is 1. The van der Waals surface area contributed by atoms with Crippen molar-refractivity contribution in [2.75, 3.05) is 6.54 Å². The molecule has 0 saturated heterocycles. The van der Waals surface area contributed by atoms with E-state index in [0.29, 0.717) is 5.69 Å². The number of carboxylic acid groups (broad SMARTS) is 2. The molecule has 0 saturated carbocycles. The monoisotopic (exact) mass is 540 g/mol. The molecule has 0 fully saturated rings. The molecule has 38 heavy (non-hydrogen) atoms. The second-order valence-electron chi connectivity index (χ2n) is 8.13. The van der Waals surface area contributed by atoms with Crippen molar-refractivity contribution in [1.82, 2.24) is 25.9 Å². The molecule has 4 unspecified atom stereocenters. The van der Waals surface area contributed by atoms with Crippen LogP contribution in [-0.4, -0.2) is 92.4 Å². The van der Waals surface area contributed by atoms with E-state index in [1.807, 2.05) is 0 Å². The van der Waals surface area contributed by atoms with Gasteiger partial charge in [-0.3, -0.25) is 29.0 Å². The summed E-state index contributed by atoms with van der Waals surface area (Å²) < 4.78 is 0. The number of aromatic amines is 1. The lowest BCUT2D eigenvalue weighted by Crippen LogP contribution is -2.57. The van der Waals surface area contributed by atoms with Crippen molar-refractivity contribution in [3.8, 4) is 0 Å². The fourth-order valence-corrected chi connectivity index (χ4v) is 3.11. The number of imidazole rings is 1. The maximum atomic E-state index is 13.0. The first-order valence-corrected chi connectivity index (χ1v) is 11.2. The van der Waals surface area contributed by atoms with Crippen LogP contribution in [0.2, 0.25) is 0 Å². The van der Waals surface area contributed by atoms with Crippen LogP contribution >= 0.6 is 0 Å². The second kappa shape index (κ2) is 15.4. The first-order valence-electron chi connectivity index (χ1n) is 11.2. The van der Waals surface area contributed by atoms with Crippen molar-refractivity contribution in [1.29, 1.82) is 0 Å². The van der Waals surface area contributed by atoms with Gasteiger partial charge in [0.15, 0.2) is 5.96 Å². The number of nitrogens with zero attached hydrogens (tertiary/aromatic N) is 2. The number of amides is 4. The highest BCUT2D eigenvalue weighted by Gasteiger charge is 2.32. The Morgan fingerprint density at radius 1 is 0.921 bits per heavy atom. The minimum absolute atomic E-state index is 0.0717. The van der Waals surface area contributed by atoms with E-state index >= 15 is 0 Å². The molecule has 1 aromatic rings. The number of carbonyl (C=O) groups excluding carboxylic acids is 4. The van der Waals surface area contributed by atoms with Crippen LogP contribution in [-0.2, 0) is 35.2 Å². The summed E-state index contributed by atoms with van der Waals surface area (Å²) in [6, 6.07) is -5.91. The number of aromatic nitrogens is 2. The van der Waals surface area contributed by atoms with Gasteiger partial charge in [0.1, 0.15) is 18.1 Å². The zero-order chi connectivity index (χ0) is 28.8. The van der Waals surface area contributed by atoms with E-state index in [9.17, 15) is 39.0 Å². The molecule has 0 aromatic carbocycles. The molecular weight excluding hydrogens is 508 g/mol. The number of carboxylic acids is 2. The molecular formula is C20H32N10O8. The molecule has 210 valence electrons. The molecule has 0 aliphatic rings. The van der Waals surface area contributed by atoms with E-state index in [2.05, 4.69) is 30.9 Å². The molecule has 0 bridgehead atoms. The van der Waals surface area contributed by atoms with E-state index < -0.39 is 72.6 Å². The van der Waals surface area contributed by atoms with Gasteiger partial charge >= 0.3 is 11.9 Å². The Hall–Kier alpha value is -4.74. The van der Waals surface area contributed by atoms with Gasteiger partial charge in [-0.05, 0) is 12.8 Å².